The monoisotopic (exact) mass is 338 g/mol. The molecule has 1 aliphatic heterocycles. The third kappa shape index (κ3) is 2.80. The highest BCUT2D eigenvalue weighted by molar-refractivity contribution is 5.82. The van der Waals surface area contributed by atoms with Crippen molar-refractivity contribution in [2.75, 3.05) is 12.3 Å². The Morgan fingerprint density at radius 2 is 2.17 bits per heavy atom. The summed E-state index contributed by atoms with van der Waals surface area (Å²) in [4.78, 5) is 23.9. The Hall–Kier alpha value is -2.60. The maximum absolute atomic E-state index is 12.0. The number of rotatable bonds is 4. The molecule has 3 heterocycles. The van der Waals surface area contributed by atoms with E-state index in [1.807, 2.05) is 0 Å². The summed E-state index contributed by atoms with van der Waals surface area (Å²) < 4.78 is 6.92. The van der Waals surface area contributed by atoms with Crippen LogP contribution in [0.2, 0.25) is 0 Å². The molecule has 0 bridgehead atoms. The summed E-state index contributed by atoms with van der Waals surface area (Å²) in [7, 11) is 0. The molecule has 11 nitrogen and oxygen atoms in total. The third-order valence-electron chi connectivity index (χ3n) is 3.58. The number of aliphatic hydroxyl groups is 2. The van der Waals surface area contributed by atoms with Crippen molar-refractivity contribution in [3.63, 3.8) is 0 Å². The maximum atomic E-state index is 12.0. The highest BCUT2D eigenvalue weighted by Gasteiger charge is 2.47. The molecule has 1 amide bonds. The fourth-order valence-corrected chi connectivity index (χ4v) is 2.44. The summed E-state index contributed by atoms with van der Waals surface area (Å²) in [5, 5.41) is 22.8. The fourth-order valence-electron chi connectivity index (χ4n) is 2.44. The summed E-state index contributed by atoms with van der Waals surface area (Å²) in [6.07, 6.45) is -0.849. The second-order valence-electron chi connectivity index (χ2n) is 5.05. The Morgan fingerprint density at radius 1 is 1.42 bits per heavy atom. The third-order valence-corrected chi connectivity index (χ3v) is 3.58. The Bertz CT molecular complexity index is 750. The van der Waals surface area contributed by atoms with Crippen LogP contribution in [0.5, 0.6) is 0 Å². The Morgan fingerprint density at radius 3 is 2.88 bits per heavy atom. The Kier molecular flexibility index (Phi) is 5.09. The molecule has 1 unspecified atom stereocenters. The summed E-state index contributed by atoms with van der Waals surface area (Å²) in [6.45, 7) is 3.71. The van der Waals surface area contributed by atoms with E-state index in [1.54, 1.807) is 0 Å². The molecule has 24 heavy (non-hydrogen) atoms. The van der Waals surface area contributed by atoms with Crippen molar-refractivity contribution in [1.29, 1.82) is 0 Å². The number of hydrogen-bond acceptors (Lipinski definition) is 8. The van der Waals surface area contributed by atoms with Crippen molar-refractivity contribution in [2.24, 2.45) is 0 Å². The van der Waals surface area contributed by atoms with E-state index in [0.29, 0.717) is 11.2 Å². The first-order valence-electron chi connectivity index (χ1n) is 6.87. The van der Waals surface area contributed by atoms with Crippen LogP contribution in [-0.2, 0) is 9.53 Å². The number of amides is 1. The number of nitrogens with zero attached hydrogens (tertiary/aromatic N) is 4. The first-order chi connectivity index (χ1) is 11.0. The van der Waals surface area contributed by atoms with Crippen LogP contribution in [-0.4, -0.2) is 66.0 Å². The van der Waals surface area contributed by atoms with Gasteiger partial charge >= 0.3 is 0 Å². The minimum absolute atomic E-state index is 0. The number of carbonyl (C=O) groups is 1. The van der Waals surface area contributed by atoms with Gasteiger partial charge in [0.05, 0.1) is 6.33 Å². The lowest BCUT2D eigenvalue weighted by atomic mass is 10.1. The molecule has 0 saturated carbocycles. The van der Waals surface area contributed by atoms with E-state index in [9.17, 15) is 15.0 Å². The predicted octanol–water partition coefficient (Wildman–Crippen LogP) is -2.49. The molecule has 0 spiro atoms. The van der Waals surface area contributed by atoms with E-state index < -0.39 is 30.4 Å². The number of nitrogens with one attached hydrogen (secondary N) is 1. The quantitative estimate of drug-likeness (QED) is 0.441. The number of aromatic nitrogens is 4. The van der Waals surface area contributed by atoms with E-state index in [1.165, 1.54) is 23.3 Å². The van der Waals surface area contributed by atoms with Gasteiger partial charge in [-0.05, 0) is 0 Å². The molecule has 0 aromatic carbocycles. The second-order valence-corrected chi connectivity index (χ2v) is 5.05. The number of imidazole rings is 1. The van der Waals surface area contributed by atoms with Crippen LogP contribution in [0, 0.1) is 0 Å². The minimum Gasteiger partial charge on any atom is -0.412 e. The van der Waals surface area contributed by atoms with E-state index >= 15 is 0 Å². The highest BCUT2D eigenvalue weighted by Crippen LogP contribution is 2.31. The molecular formula is C13H18N6O5. The average molecular weight is 338 g/mol. The number of aliphatic hydroxyl groups excluding tert-OH is 2. The molecule has 2 aromatic rings. The molecule has 0 radical (unpaired) electrons. The zero-order chi connectivity index (χ0) is 16.6. The fraction of sp³-hybridized carbons (Fsp3) is 0.385. The van der Waals surface area contributed by atoms with Gasteiger partial charge in [-0.1, -0.05) is 6.08 Å². The van der Waals surface area contributed by atoms with E-state index in [0.717, 1.165) is 0 Å². The van der Waals surface area contributed by atoms with Crippen LogP contribution in [0.25, 0.3) is 11.2 Å². The van der Waals surface area contributed by atoms with Crippen LogP contribution in [0.15, 0.2) is 25.3 Å². The molecule has 3 rings (SSSR count). The zero-order valence-corrected chi connectivity index (χ0v) is 12.5. The largest absolute Gasteiger partial charge is 0.412 e. The molecule has 11 heteroatoms. The SMILES string of the molecule is C=CCNC(=O)[C@H]1OC(n2cnc3c(N)ncnc32)[C@H](O)[C@@H]1O.O. The summed E-state index contributed by atoms with van der Waals surface area (Å²) in [6, 6.07) is 0. The molecule has 2 aromatic heterocycles. The van der Waals surface area contributed by atoms with Crippen molar-refractivity contribution in [1.82, 2.24) is 24.8 Å². The van der Waals surface area contributed by atoms with E-state index in [-0.39, 0.29) is 17.8 Å². The molecular weight excluding hydrogens is 320 g/mol. The number of nitrogen functional groups attached to an aromatic ring is 1. The molecule has 130 valence electrons. The lowest BCUT2D eigenvalue weighted by Crippen LogP contribution is -2.42. The molecule has 7 N–H and O–H groups in total. The minimum atomic E-state index is -1.39. The van der Waals surface area contributed by atoms with Crippen molar-refractivity contribution < 1.29 is 25.2 Å². The van der Waals surface area contributed by atoms with Gasteiger partial charge in [-0.2, -0.15) is 0 Å². The van der Waals surface area contributed by atoms with Gasteiger partial charge in [0, 0.05) is 6.54 Å². The molecule has 1 aliphatic rings. The van der Waals surface area contributed by atoms with Crippen LogP contribution < -0.4 is 11.1 Å². The number of hydrogen-bond donors (Lipinski definition) is 4. The van der Waals surface area contributed by atoms with Crippen LogP contribution in [0.4, 0.5) is 5.82 Å². The summed E-state index contributed by atoms with van der Waals surface area (Å²) in [5.41, 5.74) is 6.39. The normalized spacial score (nSPS) is 26.1. The zero-order valence-electron chi connectivity index (χ0n) is 12.5. The Labute approximate surface area is 136 Å². The first kappa shape index (κ1) is 17.7. The number of nitrogens with two attached hydrogens (primary N) is 1. The van der Waals surface area contributed by atoms with Gasteiger partial charge in [0.2, 0.25) is 0 Å². The highest BCUT2D eigenvalue weighted by atomic mass is 16.6. The van der Waals surface area contributed by atoms with E-state index in [2.05, 4.69) is 26.8 Å². The summed E-state index contributed by atoms with van der Waals surface area (Å²) >= 11 is 0. The van der Waals surface area contributed by atoms with Crippen LogP contribution in [0.3, 0.4) is 0 Å². The number of carbonyl (C=O) groups excluding carboxylic acids is 1. The Balaban J connectivity index is 0.00000208. The predicted molar refractivity (Wildman–Crippen MR) is 82.5 cm³/mol. The lowest BCUT2D eigenvalue weighted by Gasteiger charge is -2.16. The van der Waals surface area contributed by atoms with Crippen LogP contribution >= 0.6 is 0 Å². The average Bonchev–Trinajstić information content (AvgIpc) is 3.09. The molecule has 1 fully saturated rings. The maximum Gasteiger partial charge on any atom is 0.252 e. The summed E-state index contributed by atoms with van der Waals surface area (Å²) in [5.74, 6) is -0.362. The van der Waals surface area contributed by atoms with Crippen LogP contribution in [0.1, 0.15) is 6.23 Å². The van der Waals surface area contributed by atoms with Crippen molar-refractivity contribution in [3.05, 3.63) is 25.3 Å². The molecule has 1 saturated heterocycles. The number of fused-ring (bicyclic) bond motifs is 1. The van der Waals surface area contributed by atoms with Crippen molar-refractivity contribution >= 4 is 22.9 Å². The van der Waals surface area contributed by atoms with Gasteiger partial charge < -0.3 is 31.5 Å². The van der Waals surface area contributed by atoms with Crippen molar-refractivity contribution in [2.45, 2.75) is 24.5 Å². The van der Waals surface area contributed by atoms with Gasteiger partial charge in [-0.15, -0.1) is 6.58 Å². The molecule has 4 atom stereocenters. The topological polar surface area (TPSA) is 180 Å². The molecule has 0 aliphatic carbocycles. The number of ether oxygens (including phenoxy) is 1. The standard InChI is InChI=1S/C13H16N6O4.H2O/c1-2-3-15-12(22)9-7(20)8(21)13(23-9)19-5-18-6-10(14)16-4-17-11(6)19;/h2,4-5,7-9,13,20-21H,1,3H2,(H,15,22)(H2,14,16,17);1H2/t7-,8+,9-,13?;/m0./s1. The van der Waals surface area contributed by atoms with E-state index in [4.69, 9.17) is 10.5 Å². The van der Waals surface area contributed by atoms with Crippen molar-refractivity contribution in [3.8, 4) is 0 Å². The first-order valence-corrected chi connectivity index (χ1v) is 6.87. The lowest BCUT2D eigenvalue weighted by molar-refractivity contribution is -0.137. The second kappa shape index (κ2) is 6.88. The van der Waals surface area contributed by atoms with Gasteiger partial charge in [0.25, 0.3) is 5.91 Å². The van der Waals surface area contributed by atoms with Gasteiger partial charge in [-0.25, -0.2) is 15.0 Å². The smallest absolute Gasteiger partial charge is 0.252 e. The van der Waals surface area contributed by atoms with Gasteiger partial charge in [-0.3, -0.25) is 9.36 Å². The van der Waals surface area contributed by atoms with Gasteiger partial charge in [0.15, 0.2) is 23.8 Å². The van der Waals surface area contributed by atoms with Gasteiger partial charge in [0.1, 0.15) is 24.1 Å². The number of anilines is 1.